The van der Waals surface area contributed by atoms with Gasteiger partial charge in [-0.15, -0.1) is 0 Å². The molecule has 6 nitrogen and oxygen atoms in total. The Labute approximate surface area is 111 Å². The third kappa shape index (κ3) is 2.94. The Balaban J connectivity index is 2.06. The van der Waals surface area contributed by atoms with E-state index in [9.17, 15) is 14.7 Å². The summed E-state index contributed by atoms with van der Waals surface area (Å²) in [6.07, 6.45) is 3.51. The molecular weight excluding hydrogens is 248 g/mol. The summed E-state index contributed by atoms with van der Waals surface area (Å²) in [5.41, 5.74) is 0.669. The molecule has 0 bridgehead atoms. The lowest BCUT2D eigenvalue weighted by Gasteiger charge is -2.13. The molecule has 1 aliphatic rings. The highest BCUT2D eigenvalue weighted by Crippen LogP contribution is 2.38. The minimum Gasteiger partial charge on any atom is -0.481 e. The van der Waals surface area contributed by atoms with Crippen molar-refractivity contribution in [3.05, 3.63) is 12.0 Å². The largest absolute Gasteiger partial charge is 0.481 e. The lowest BCUT2D eigenvalue weighted by Crippen LogP contribution is -2.30. The van der Waals surface area contributed by atoms with Gasteiger partial charge in [0.25, 0.3) is 0 Å². The minimum absolute atomic E-state index is 0.131. The number of rotatable bonds is 4. The van der Waals surface area contributed by atoms with E-state index >= 15 is 0 Å². The molecule has 1 heterocycles. The molecule has 1 aromatic rings. The fourth-order valence-corrected chi connectivity index (χ4v) is 2.65. The Morgan fingerprint density at radius 3 is 2.68 bits per heavy atom. The van der Waals surface area contributed by atoms with Crippen LogP contribution < -0.4 is 5.32 Å². The van der Waals surface area contributed by atoms with Crippen molar-refractivity contribution in [1.29, 1.82) is 0 Å². The van der Waals surface area contributed by atoms with E-state index in [4.69, 9.17) is 4.42 Å². The molecule has 0 aliphatic heterocycles. The number of aromatic nitrogens is 1. The molecule has 6 heteroatoms. The normalized spacial score (nSPS) is 26.3. The van der Waals surface area contributed by atoms with Crippen molar-refractivity contribution < 1.29 is 19.1 Å². The minimum atomic E-state index is -0.903. The van der Waals surface area contributed by atoms with Crippen LogP contribution in [-0.4, -0.2) is 22.0 Å². The lowest BCUT2D eigenvalue weighted by atomic mass is 9.95. The zero-order valence-corrected chi connectivity index (χ0v) is 11.0. The molecule has 19 heavy (non-hydrogen) atoms. The number of aliphatic carboxylic acids is 1. The summed E-state index contributed by atoms with van der Waals surface area (Å²) in [6, 6.07) is 0.131. The summed E-state index contributed by atoms with van der Waals surface area (Å²) in [6.45, 7) is 3.77. The molecule has 0 saturated heterocycles. The molecule has 104 valence electrons. The first kappa shape index (κ1) is 13.6. The van der Waals surface area contributed by atoms with Gasteiger partial charge < -0.3 is 9.52 Å². The zero-order chi connectivity index (χ0) is 14.0. The number of carboxylic acid groups (broad SMARTS) is 1. The number of hydrogen-bond donors (Lipinski definition) is 2. The smallest absolute Gasteiger partial charge is 0.307 e. The van der Waals surface area contributed by atoms with Gasteiger partial charge in [0.1, 0.15) is 6.26 Å². The highest BCUT2D eigenvalue weighted by atomic mass is 16.4. The van der Waals surface area contributed by atoms with Gasteiger partial charge >= 0.3 is 12.0 Å². The Morgan fingerprint density at radius 1 is 1.47 bits per heavy atom. The van der Waals surface area contributed by atoms with Crippen molar-refractivity contribution >= 4 is 17.9 Å². The van der Waals surface area contributed by atoms with Gasteiger partial charge in [-0.1, -0.05) is 13.3 Å². The van der Waals surface area contributed by atoms with E-state index in [1.165, 1.54) is 6.26 Å². The van der Waals surface area contributed by atoms with E-state index in [-0.39, 0.29) is 11.9 Å². The number of nitrogens with zero attached hydrogens (tertiary/aromatic N) is 1. The van der Waals surface area contributed by atoms with Crippen LogP contribution in [0.25, 0.3) is 0 Å². The first-order chi connectivity index (χ1) is 9.01. The van der Waals surface area contributed by atoms with Crippen LogP contribution in [0.2, 0.25) is 0 Å². The van der Waals surface area contributed by atoms with Crippen molar-refractivity contribution in [2.75, 3.05) is 5.32 Å². The van der Waals surface area contributed by atoms with Gasteiger partial charge in [-0.3, -0.25) is 14.9 Å². The molecule has 0 aromatic carbocycles. The van der Waals surface area contributed by atoms with Crippen LogP contribution in [0.3, 0.4) is 0 Å². The topological polar surface area (TPSA) is 92.4 Å². The second-order valence-corrected chi connectivity index (χ2v) is 5.08. The number of anilines is 1. The van der Waals surface area contributed by atoms with E-state index in [1.807, 2.05) is 6.92 Å². The number of hydrogen-bond acceptors (Lipinski definition) is 4. The molecule has 1 aliphatic carbocycles. The molecule has 1 aromatic heterocycles. The maximum absolute atomic E-state index is 12.1. The summed E-state index contributed by atoms with van der Waals surface area (Å²) in [4.78, 5) is 27.3. The van der Waals surface area contributed by atoms with Crippen molar-refractivity contribution in [2.24, 2.45) is 17.8 Å². The molecule has 3 atom stereocenters. The van der Waals surface area contributed by atoms with Crippen LogP contribution in [0.5, 0.6) is 0 Å². The SMILES string of the molecule is CCC1CC(C(=O)O)C(C(=O)Nc2nc(C)co2)C1. The Morgan fingerprint density at radius 2 is 2.16 bits per heavy atom. The van der Waals surface area contributed by atoms with Crippen LogP contribution in [0.4, 0.5) is 6.01 Å². The molecular formula is C13H18N2O4. The van der Waals surface area contributed by atoms with Crippen LogP contribution >= 0.6 is 0 Å². The van der Waals surface area contributed by atoms with Crippen LogP contribution in [0.15, 0.2) is 10.7 Å². The number of aryl methyl sites for hydroxylation is 1. The van der Waals surface area contributed by atoms with Crippen molar-refractivity contribution in [3.8, 4) is 0 Å². The highest BCUT2D eigenvalue weighted by Gasteiger charge is 2.42. The number of carbonyl (C=O) groups is 2. The fourth-order valence-electron chi connectivity index (χ4n) is 2.65. The predicted octanol–water partition coefficient (Wildman–Crippen LogP) is 2.06. The van der Waals surface area contributed by atoms with Crippen LogP contribution in [0, 0.1) is 24.7 Å². The fraction of sp³-hybridized carbons (Fsp3) is 0.615. The predicted molar refractivity (Wildman–Crippen MR) is 67.5 cm³/mol. The van der Waals surface area contributed by atoms with Crippen LogP contribution in [0.1, 0.15) is 31.9 Å². The average Bonchev–Trinajstić information content (AvgIpc) is 2.95. The standard InChI is InChI=1S/C13H18N2O4/c1-3-8-4-9(10(5-8)12(17)18)11(16)15-13-14-7(2)6-19-13/h6,8-10H,3-5H2,1-2H3,(H,17,18)(H,14,15,16). The molecule has 1 fully saturated rings. The molecule has 0 spiro atoms. The number of oxazole rings is 1. The molecule has 1 saturated carbocycles. The van der Waals surface area contributed by atoms with Gasteiger partial charge in [-0.25, -0.2) is 0 Å². The van der Waals surface area contributed by atoms with Crippen LogP contribution in [-0.2, 0) is 9.59 Å². The van der Waals surface area contributed by atoms with Gasteiger partial charge in [0.05, 0.1) is 17.5 Å². The van der Waals surface area contributed by atoms with E-state index in [2.05, 4.69) is 10.3 Å². The monoisotopic (exact) mass is 266 g/mol. The van der Waals surface area contributed by atoms with E-state index in [0.717, 1.165) is 6.42 Å². The summed E-state index contributed by atoms with van der Waals surface area (Å²) < 4.78 is 5.05. The third-order valence-corrected chi connectivity index (χ3v) is 3.74. The first-order valence-corrected chi connectivity index (χ1v) is 6.47. The summed E-state index contributed by atoms with van der Waals surface area (Å²) in [5.74, 6) is -2.04. The maximum Gasteiger partial charge on any atom is 0.307 e. The van der Waals surface area contributed by atoms with Crippen molar-refractivity contribution in [3.63, 3.8) is 0 Å². The van der Waals surface area contributed by atoms with Crippen molar-refractivity contribution in [1.82, 2.24) is 4.98 Å². The first-order valence-electron chi connectivity index (χ1n) is 6.47. The number of carbonyl (C=O) groups excluding carboxylic acids is 1. The second kappa shape index (κ2) is 5.42. The van der Waals surface area contributed by atoms with Crippen molar-refractivity contribution in [2.45, 2.75) is 33.1 Å². The van der Waals surface area contributed by atoms with E-state index < -0.39 is 17.8 Å². The molecule has 1 amide bonds. The Kier molecular flexibility index (Phi) is 3.87. The van der Waals surface area contributed by atoms with Gasteiger partial charge in [0.2, 0.25) is 5.91 Å². The van der Waals surface area contributed by atoms with Gasteiger partial charge in [-0.05, 0) is 25.7 Å². The number of amides is 1. The summed E-state index contributed by atoms with van der Waals surface area (Å²) in [7, 11) is 0. The van der Waals surface area contributed by atoms with Gasteiger partial charge in [-0.2, -0.15) is 4.98 Å². The third-order valence-electron chi connectivity index (χ3n) is 3.74. The second-order valence-electron chi connectivity index (χ2n) is 5.08. The van der Waals surface area contributed by atoms with Gasteiger partial charge in [0.15, 0.2) is 0 Å². The summed E-state index contributed by atoms with van der Waals surface area (Å²) in [5, 5.41) is 11.8. The van der Waals surface area contributed by atoms with E-state index in [1.54, 1.807) is 6.92 Å². The Bertz CT molecular complexity index is 483. The van der Waals surface area contributed by atoms with Gasteiger partial charge in [0, 0.05) is 0 Å². The maximum atomic E-state index is 12.1. The van der Waals surface area contributed by atoms with E-state index in [0.29, 0.717) is 24.5 Å². The quantitative estimate of drug-likeness (QED) is 0.870. The molecule has 0 radical (unpaired) electrons. The average molecular weight is 266 g/mol. The molecule has 3 unspecified atom stereocenters. The highest BCUT2D eigenvalue weighted by molar-refractivity contribution is 5.93. The molecule has 2 N–H and O–H groups in total. The Hall–Kier alpha value is -1.85. The number of nitrogens with one attached hydrogen (secondary N) is 1. The zero-order valence-electron chi connectivity index (χ0n) is 11.0. The lowest BCUT2D eigenvalue weighted by molar-refractivity contribution is -0.145. The summed E-state index contributed by atoms with van der Waals surface area (Å²) >= 11 is 0. The molecule has 2 rings (SSSR count). The number of carboxylic acids is 1.